The van der Waals surface area contributed by atoms with Gasteiger partial charge in [-0.2, -0.15) is 0 Å². The lowest BCUT2D eigenvalue weighted by Gasteiger charge is -2.41. The SMILES string of the molecule is NCC1(Nc2nccs2)CCC1. The molecule has 1 aliphatic rings. The van der Waals surface area contributed by atoms with Crippen molar-refractivity contribution in [2.45, 2.75) is 24.8 Å². The van der Waals surface area contributed by atoms with Crippen LogP contribution in [-0.4, -0.2) is 17.1 Å². The third kappa shape index (κ3) is 1.32. The highest BCUT2D eigenvalue weighted by molar-refractivity contribution is 7.13. The molecule has 0 unspecified atom stereocenters. The van der Waals surface area contributed by atoms with Crippen molar-refractivity contribution in [3.8, 4) is 0 Å². The number of hydrogen-bond acceptors (Lipinski definition) is 4. The second-order valence-corrected chi connectivity index (χ2v) is 4.19. The Morgan fingerprint density at radius 3 is 2.92 bits per heavy atom. The van der Waals surface area contributed by atoms with E-state index < -0.39 is 0 Å². The molecule has 0 aromatic carbocycles. The van der Waals surface area contributed by atoms with E-state index in [1.54, 1.807) is 11.3 Å². The van der Waals surface area contributed by atoms with Gasteiger partial charge in [-0.05, 0) is 19.3 Å². The maximum absolute atomic E-state index is 5.70. The molecule has 4 heteroatoms. The van der Waals surface area contributed by atoms with Gasteiger partial charge in [0.05, 0.1) is 5.54 Å². The Kier molecular flexibility index (Phi) is 2.02. The maximum Gasteiger partial charge on any atom is 0.183 e. The minimum Gasteiger partial charge on any atom is -0.355 e. The van der Waals surface area contributed by atoms with Crippen molar-refractivity contribution in [1.29, 1.82) is 0 Å². The summed E-state index contributed by atoms with van der Waals surface area (Å²) >= 11 is 1.64. The second-order valence-electron chi connectivity index (χ2n) is 3.30. The summed E-state index contributed by atoms with van der Waals surface area (Å²) in [6.45, 7) is 0.715. The van der Waals surface area contributed by atoms with Crippen LogP contribution in [0.25, 0.3) is 0 Å². The van der Waals surface area contributed by atoms with E-state index in [-0.39, 0.29) is 5.54 Å². The van der Waals surface area contributed by atoms with Gasteiger partial charge in [0.1, 0.15) is 0 Å². The number of rotatable bonds is 3. The maximum atomic E-state index is 5.70. The molecule has 1 aliphatic carbocycles. The van der Waals surface area contributed by atoms with Crippen molar-refractivity contribution in [3.63, 3.8) is 0 Å². The van der Waals surface area contributed by atoms with E-state index in [0.717, 1.165) is 5.13 Å². The highest BCUT2D eigenvalue weighted by Gasteiger charge is 2.35. The molecule has 1 aromatic rings. The third-order valence-corrected chi connectivity index (χ3v) is 3.19. The van der Waals surface area contributed by atoms with Crippen LogP contribution in [0.5, 0.6) is 0 Å². The molecule has 3 N–H and O–H groups in total. The summed E-state index contributed by atoms with van der Waals surface area (Å²) in [4.78, 5) is 4.18. The molecular formula is C8H13N3S. The Morgan fingerprint density at radius 1 is 1.67 bits per heavy atom. The fraction of sp³-hybridized carbons (Fsp3) is 0.625. The van der Waals surface area contributed by atoms with Gasteiger partial charge in [0.15, 0.2) is 5.13 Å². The van der Waals surface area contributed by atoms with Crippen LogP contribution >= 0.6 is 11.3 Å². The van der Waals surface area contributed by atoms with Crippen molar-refractivity contribution < 1.29 is 0 Å². The predicted molar refractivity (Wildman–Crippen MR) is 51.4 cm³/mol. The molecule has 0 saturated heterocycles. The fourth-order valence-electron chi connectivity index (χ4n) is 1.50. The zero-order valence-corrected chi connectivity index (χ0v) is 7.73. The molecule has 2 rings (SSSR count). The van der Waals surface area contributed by atoms with Crippen LogP contribution in [0.3, 0.4) is 0 Å². The standard InChI is InChI=1S/C8H13N3S/c9-6-8(2-1-3-8)11-7-10-4-5-12-7/h4-5H,1-3,6,9H2,(H,10,11). The average Bonchev–Trinajstić information content (AvgIpc) is 2.49. The molecule has 1 saturated carbocycles. The molecule has 12 heavy (non-hydrogen) atoms. The normalized spacial score (nSPS) is 20.1. The molecule has 3 nitrogen and oxygen atoms in total. The summed E-state index contributed by atoms with van der Waals surface area (Å²) in [6.07, 6.45) is 5.47. The number of nitrogens with one attached hydrogen (secondary N) is 1. The Bertz CT molecular complexity index is 235. The number of thiazole rings is 1. The number of hydrogen-bond donors (Lipinski definition) is 2. The smallest absolute Gasteiger partial charge is 0.183 e. The van der Waals surface area contributed by atoms with Gasteiger partial charge in [0.2, 0.25) is 0 Å². The zero-order valence-electron chi connectivity index (χ0n) is 6.92. The van der Waals surface area contributed by atoms with Gasteiger partial charge in [-0.15, -0.1) is 11.3 Å². The van der Waals surface area contributed by atoms with E-state index in [1.165, 1.54) is 19.3 Å². The van der Waals surface area contributed by atoms with E-state index in [4.69, 9.17) is 5.73 Å². The van der Waals surface area contributed by atoms with Crippen LogP contribution in [0.15, 0.2) is 11.6 Å². The Balaban J connectivity index is 2.01. The van der Waals surface area contributed by atoms with Crippen LogP contribution in [0.1, 0.15) is 19.3 Å². The minimum atomic E-state index is 0.165. The molecule has 1 heterocycles. The second kappa shape index (κ2) is 3.03. The van der Waals surface area contributed by atoms with Gasteiger partial charge in [-0.3, -0.25) is 0 Å². The van der Waals surface area contributed by atoms with E-state index in [9.17, 15) is 0 Å². The summed E-state index contributed by atoms with van der Waals surface area (Å²) in [5.74, 6) is 0. The van der Waals surface area contributed by atoms with Crippen molar-refractivity contribution in [2.24, 2.45) is 5.73 Å². The van der Waals surface area contributed by atoms with Crippen LogP contribution in [0.4, 0.5) is 5.13 Å². The molecule has 0 amide bonds. The number of anilines is 1. The van der Waals surface area contributed by atoms with E-state index in [0.29, 0.717) is 6.54 Å². The highest BCUT2D eigenvalue weighted by atomic mass is 32.1. The number of aromatic nitrogens is 1. The van der Waals surface area contributed by atoms with Crippen LogP contribution in [0, 0.1) is 0 Å². The summed E-state index contributed by atoms with van der Waals surface area (Å²) in [5.41, 5.74) is 5.86. The minimum absolute atomic E-state index is 0.165. The molecule has 0 radical (unpaired) electrons. The van der Waals surface area contributed by atoms with E-state index >= 15 is 0 Å². The molecular weight excluding hydrogens is 170 g/mol. The van der Waals surface area contributed by atoms with Gasteiger partial charge >= 0.3 is 0 Å². The molecule has 66 valence electrons. The van der Waals surface area contributed by atoms with Crippen LogP contribution in [-0.2, 0) is 0 Å². The lowest BCUT2D eigenvalue weighted by atomic mass is 9.77. The Morgan fingerprint density at radius 2 is 2.50 bits per heavy atom. The Labute approximate surface area is 76.0 Å². The number of nitrogens with zero attached hydrogens (tertiary/aromatic N) is 1. The van der Waals surface area contributed by atoms with Crippen LogP contribution in [0.2, 0.25) is 0 Å². The molecule has 0 spiro atoms. The molecule has 0 atom stereocenters. The van der Waals surface area contributed by atoms with Crippen molar-refractivity contribution in [1.82, 2.24) is 4.98 Å². The lowest BCUT2D eigenvalue weighted by Crippen LogP contribution is -2.51. The van der Waals surface area contributed by atoms with Crippen molar-refractivity contribution >= 4 is 16.5 Å². The molecule has 0 bridgehead atoms. The quantitative estimate of drug-likeness (QED) is 0.745. The lowest BCUT2D eigenvalue weighted by molar-refractivity contribution is 0.287. The van der Waals surface area contributed by atoms with Gasteiger partial charge in [0.25, 0.3) is 0 Å². The summed E-state index contributed by atoms with van der Waals surface area (Å²) < 4.78 is 0. The average molecular weight is 183 g/mol. The van der Waals surface area contributed by atoms with Gasteiger partial charge in [0, 0.05) is 18.1 Å². The first-order chi connectivity index (χ1) is 5.85. The fourth-order valence-corrected chi connectivity index (χ4v) is 2.14. The summed E-state index contributed by atoms with van der Waals surface area (Å²) in [7, 11) is 0. The molecule has 1 aromatic heterocycles. The largest absolute Gasteiger partial charge is 0.355 e. The summed E-state index contributed by atoms with van der Waals surface area (Å²) in [6, 6.07) is 0. The van der Waals surface area contributed by atoms with E-state index in [2.05, 4.69) is 10.3 Å². The monoisotopic (exact) mass is 183 g/mol. The third-order valence-electron chi connectivity index (χ3n) is 2.51. The molecule has 1 fully saturated rings. The first-order valence-electron chi connectivity index (χ1n) is 4.22. The van der Waals surface area contributed by atoms with Gasteiger partial charge < -0.3 is 11.1 Å². The first-order valence-corrected chi connectivity index (χ1v) is 5.10. The highest BCUT2D eigenvalue weighted by Crippen LogP contribution is 2.34. The topological polar surface area (TPSA) is 50.9 Å². The molecule has 0 aliphatic heterocycles. The van der Waals surface area contributed by atoms with Crippen LogP contribution < -0.4 is 11.1 Å². The first kappa shape index (κ1) is 8.01. The Hall–Kier alpha value is -0.610. The number of nitrogens with two attached hydrogens (primary N) is 1. The van der Waals surface area contributed by atoms with Gasteiger partial charge in [-0.25, -0.2) is 4.98 Å². The van der Waals surface area contributed by atoms with Crippen molar-refractivity contribution in [3.05, 3.63) is 11.6 Å². The summed E-state index contributed by atoms with van der Waals surface area (Å²) in [5, 5.41) is 6.38. The van der Waals surface area contributed by atoms with Gasteiger partial charge in [-0.1, -0.05) is 0 Å². The van der Waals surface area contributed by atoms with Crippen molar-refractivity contribution in [2.75, 3.05) is 11.9 Å². The predicted octanol–water partition coefficient (Wildman–Crippen LogP) is 1.44. The van der Waals surface area contributed by atoms with E-state index in [1.807, 2.05) is 11.6 Å². The zero-order chi connectivity index (χ0) is 8.44.